The Hall–Kier alpha value is -3.10. The van der Waals surface area contributed by atoms with Crippen LogP contribution in [0.4, 0.5) is 10.5 Å². The molecule has 1 saturated heterocycles. The zero-order chi connectivity index (χ0) is 26.3. The van der Waals surface area contributed by atoms with E-state index in [2.05, 4.69) is 16.0 Å². The van der Waals surface area contributed by atoms with Crippen molar-refractivity contribution in [2.45, 2.75) is 108 Å². The summed E-state index contributed by atoms with van der Waals surface area (Å²) in [5.41, 5.74) is 2.07. The van der Waals surface area contributed by atoms with Crippen molar-refractivity contribution in [1.82, 2.24) is 15.5 Å². The van der Waals surface area contributed by atoms with Gasteiger partial charge < -0.3 is 20.3 Å². The molecule has 1 aromatic carbocycles. The topological polar surface area (TPSA) is 117 Å². The summed E-state index contributed by atoms with van der Waals surface area (Å²) in [5, 5.41) is 9.12. The maximum Gasteiger partial charge on any atom is 0.407 e. The van der Waals surface area contributed by atoms with Crippen molar-refractivity contribution in [2.24, 2.45) is 5.92 Å². The minimum absolute atomic E-state index is 0.0848. The van der Waals surface area contributed by atoms with Crippen LogP contribution in [0.5, 0.6) is 0 Å². The number of alkyl carbamates (subject to hydrolysis) is 1. The molecule has 2 saturated carbocycles. The average molecular weight is 511 g/mol. The Morgan fingerprint density at radius 2 is 1.73 bits per heavy atom. The van der Waals surface area contributed by atoms with Gasteiger partial charge in [-0.25, -0.2) is 4.79 Å². The largest absolute Gasteiger partial charge is 0.444 e. The molecule has 3 N–H and O–H groups in total. The minimum atomic E-state index is -0.622. The second kappa shape index (κ2) is 9.99. The first-order valence-corrected chi connectivity index (χ1v) is 13.6. The summed E-state index contributed by atoms with van der Waals surface area (Å²) in [4.78, 5) is 52.0. The number of rotatable bonds is 6. The Morgan fingerprint density at radius 1 is 1.03 bits per heavy atom. The fourth-order valence-corrected chi connectivity index (χ4v) is 5.94. The van der Waals surface area contributed by atoms with Crippen molar-refractivity contribution in [3.05, 3.63) is 29.3 Å². The Balaban J connectivity index is 1.29. The zero-order valence-electron chi connectivity index (χ0n) is 22.0. The molecule has 2 aliphatic heterocycles. The smallest absolute Gasteiger partial charge is 0.407 e. The lowest BCUT2D eigenvalue weighted by molar-refractivity contribution is -0.137. The molecule has 2 aliphatic carbocycles. The van der Waals surface area contributed by atoms with Crippen LogP contribution in [-0.2, 0) is 14.3 Å². The van der Waals surface area contributed by atoms with E-state index in [-0.39, 0.29) is 48.4 Å². The summed E-state index contributed by atoms with van der Waals surface area (Å²) in [6.45, 7) is 5.57. The number of imide groups is 1. The van der Waals surface area contributed by atoms with Crippen molar-refractivity contribution in [1.29, 1.82) is 0 Å². The first-order valence-electron chi connectivity index (χ1n) is 13.6. The van der Waals surface area contributed by atoms with Gasteiger partial charge in [0.05, 0.1) is 6.04 Å². The van der Waals surface area contributed by atoms with Crippen molar-refractivity contribution >= 4 is 29.5 Å². The highest BCUT2D eigenvalue weighted by molar-refractivity contribution is 6.06. The van der Waals surface area contributed by atoms with Crippen LogP contribution in [0.25, 0.3) is 0 Å². The van der Waals surface area contributed by atoms with Gasteiger partial charge in [-0.3, -0.25) is 19.7 Å². The van der Waals surface area contributed by atoms with E-state index in [1.54, 1.807) is 4.90 Å². The number of amides is 4. The van der Waals surface area contributed by atoms with E-state index in [0.717, 1.165) is 56.2 Å². The predicted molar refractivity (Wildman–Crippen MR) is 138 cm³/mol. The lowest BCUT2D eigenvalue weighted by Gasteiger charge is -2.35. The van der Waals surface area contributed by atoms with E-state index in [0.29, 0.717) is 17.9 Å². The molecular formula is C28H38N4O5. The van der Waals surface area contributed by atoms with Gasteiger partial charge in [0.15, 0.2) is 0 Å². The number of hydrogen-bond acceptors (Lipinski definition) is 6. The van der Waals surface area contributed by atoms with Crippen molar-refractivity contribution < 1.29 is 23.9 Å². The zero-order valence-corrected chi connectivity index (χ0v) is 22.0. The van der Waals surface area contributed by atoms with Gasteiger partial charge in [0, 0.05) is 35.3 Å². The number of anilines is 1. The summed E-state index contributed by atoms with van der Waals surface area (Å²) >= 11 is 0. The van der Waals surface area contributed by atoms with Gasteiger partial charge in [0.1, 0.15) is 11.6 Å². The number of hydrogen-bond donors (Lipinski definition) is 3. The van der Waals surface area contributed by atoms with Gasteiger partial charge in [0.2, 0.25) is 11.8 Å². The van der Waals surface area contributed by atoms with Crippen LogP contribution >= 0.6 is 0 Å². The Kier molecular flexibility index (Phi) is 6.89. The maximum absolute atomic E-state index is 13.6. The van der Waals surface area contributed by atoms with Gasteiger partial charge >= 0.3 is 6.09 Å². The van der Waals surface area contributed by atoms with Crippen LogP contribution in [0.2, 0.25) is 0 Å². The van der Waals surface area contributed by atoms with Gasteiger partial charge in [-0.1, -0.05) is 18.9 Å². The van der Waals surface area contributed by atoms with E-state index >= 15 is 0 Å². The summed E-state index contributed by atoms with van der Waals surface area (Å²) in [6, 6.07) is 5.31. The van der Waals surface area contributed by atoms with Crippen LogP contribution in [-0.4, -0.2) is 52.4 Å². The number of nitrogens with zero attached hydrogens (tertiary/aromatic N) is 1. The summed E-state index contributed by atoms with van der Waals surface area (Å²) in [7, 11) is 0. The fraction of sp³-hybridized carbons (Fsp3) is 0.643. The molecule has 3 fully saturated rings. The fourth-order valence-electron chi connectivity index (χ4n) is 5.94. The highest BCUT2D eigenvalue weighted by atomic mass is 16.6. The van der Waals surface area contributed by atoms with E-state index in [9.17, 15) is 19.2 Å². The van der Waals surface area contributed by atoms with Crippen LogP contribution in [0, 0.1) is 5.92 Å². The van der Waals surface area contributed by atoms with Gasteiger partial charge in [-0.15, -0.1) is 0 Å². The van der Waals surface area contributed by atoms with E-state index in [1.165, 1.54) is 0 Å². The normalized spacial score (nSPS) is 28.0. The Morgan fingerprint density at radius 3 is 2.38 bits per heavy atom. The number of piperidine rings is 1. The first-order chi connectivity index (χ1) is 17.6. The van der Waals surface area contributed by atoms with E-state index < -0.39 is 11.6 Å². The average Bonchev–Trinajstić information content (AvgIpc) is 3.59. The maximum atomic E-state index is 13.6. The number of nitrogens with one attached hydrogen (secondary N) is 3. The Bertz CT molecular complexity index is 1080. The number of carbonyl (C=O) groups excluding carboxylic acids is 4. The lowest BCUT2D eigenvalue weighted by Crippen LogP contribution is -2.53. The van der Waals surface area contributed by atoms with Crippen LogP contribution in [0.15, 0.2) is 18.2 Å². The standard InChI is InChI=1S/C28H38N4O5/c1-28(2,3)37-27(36)30-18-11-9-17(10-12-18)29-20-6-4-5-19-24(20)22(15-16-7-8-16)32(26(19)35)21-13-14-23(33)31-25(21)34/h4-6,16-18,21-22,29H,7-15H2,1-3H3,(H,30,36)(H,31,33,34)/t17?,18?,21-,22-/m1/s1. The van der Waals surface area contributed by atoms with Crippen LogP contribution < -0.4 is 16.0 Å². The second-order valence-corrected chi connectivity index (χ2v) is 12.0. The highest BCUT2D eigenvalue weighted by Crippen LogP contribution is 2.48. The third-order valence-corrected chi connectivity index (χ3v) is 7.85. The molecular weight excluding hydrogens is 472 g/mol. The predicted octanol–water partition coefficient (Wildman–Crippen LogP) is 4.04. The molecule has 5 rings (SSSR count). The molecule has 9 nitrogen and oxygen atoms in total. The van der Waals surface area contributed by atoms with E-state index in [1.807, 2.05) is 39.0 Å². The van der Waals surface area contributed by atoms with E-state index in [4.69, 9.17) is 4.74 Å². The van der Waals surface area contributed by atoms with Crippen molar-refractivity contribution in [2.75, 3.05) is 5.32 Å². The molecule has 9 heteroatoms. The third kappa shape index (κ3) is 5.75. The Labute approximate surface area is 218 Å². The molecule has 0 radical (unpaired) electrons. The van der Waals surface area contributed by atoms with Gasteiger partial charge in [-0.05, 0) is 77.3 Å². The monoisotopic (exact) mass is 510 g/mol. The first kappa shape index (κ1) is 25.5. The molecule has 2 heterocycles. The summed E-state index contributed by atoms with van der Waals surface area (Å²) in [6.07, 6.45) is 6.84. The quantitative estimate of drug-likeness (QED) is 0.498. The van der Waals surface area contributed by atoms with Crippen LogP contribution in [0.1, 0.15) is 101 Å². The lowest BCUT2D eigenvalue weighted by atomic mass is 9.90. The number of fused-ring (bicyclic) bond motifs is 1. The molecule has 4 amide bonds. The number of benzene rings is 1. The summed E-state index contributed by atoms with van der Waals surface area (Å²) in [5.74, 6) is -0.210. The van der Waals surface area contributed by atoms with Gasteiger partial charge in [-0.2, -0.15) is 0 Å². The summed E-state index contributed by atoms with van der Waals surface area (Å²) < 4.78 is 5.40. The molecule has 0 spiro atoms. The van der Waals surface area contributed by atoms with Gasteiger partial charge in [0.25, 0.3) is 5.91 Å². The second-order valence-electron chi connectivity index (χ2n) is 12.0. The minimum Gasteiger partial charge on any atom is -0.444 e. The number of ether oxygens (including phenoxy) is 1. The molecule has 4 aliphatic rings. The molecule has 0 unspecified atom stereocenters. The number of carbonyl (C=O) groups is 4. The van der Waals surface area contributed by atoms with Crippen molar-refractivity contribution in [3.63, 3.8) is 0 Å². The molecule has 200 valence electrons. The molecule has 2 atom stereocenters. The van der Waals surface area contributed by atoms with Crippen LogP contribution in [0.3, 0.4) is 0 Å². The molecule has 37 heavy (non-hydrogen) atoms. The van der Waals surface area contributed by atoms with Crippen molar-refractivity contribution in [3.8, 4) is 0 Å². The SMILES string of the molecule is CC(C)(C)OC(=O)NC1CCC(Nc2cccc3c2[C@@H](CC2CC2)N([C@@H]2CCC(=O)NC2=O)C3=O)CC1. The molecule has 1 aromatic rings. The highest BCUT2D eigenvalue weighted by Gasteiger charge is 2.47. The third-order valence-electron chi connectivity index (χ3n) is 7.85. The molecule has 0 aromatic heterocycles. The molecule has 0 bridgehead atoms.